The summed E-state index contributed by atoms with van der Waals surface area (Å²) in [7, 11) is 0. The fourth-order valence-corrected chi connectivity index (χ4v) is 5.51. The van der Waals surface area contributed by atoms with Crippen LogP contribution >= 0.6 is 35.2 Å². The van der Waals surface area contributed by atoms with Crippen molar-refractivity contribution in [3.8, 4) is 5.75 Å². The highest BCUT2D eigenvalue weighted by atomic mass is 35.5. The van der Waals surface area contributed by atoms with E-state index in [1.54, 1.807) is 59.9 Å². The molecule has 182 valence electrons. The SMILES string of the molecule is CCOc1ccc(NC(=O)CC2C(=O)N(c3cccc(Cl)c3)C(=S)N2CCc2sccc2C)cc1. The van der Waals surface area contributed by atoms with Crippen LogP contribution in [0, 0.1) is 6.92 Å². The van der Waals surface area contributed by atoms with Crippen molar-refractivity contribution >= 4 is 63.5 Å². The zero-order chi connectivity index (χ0) is 24.9. The van der Waals surface area contributed by atoms with Crippen LogP contribution in [0.3, 0.4) is 0 Å². The highest BCUT2D eigenvalue weighted by Gasteiger charge is 2.44. The second-order valence-electron chi connectivity index (χ2n) is 8.13. The van der Waals surface area contributed by atoms with Gasteiger partial charge >= 0.3 is 0 Å². The second-order valence-corrected chi connectivity index (χ2v) is 9.93. The largest absolute Gasteiger partial charge is 0.494 e. The number of carbonyl (C=O) groups is 2. The number of amides is 2. The van der Waals surface area contributed by atoms with Crippen LogP contribution < -0.4 is 15.0 Å². The van der Waals surface area contributed by atoms with Crippen molar-refractivity contribution in [1.82, 2.24) is 4.90 Å². The molecule has 4 rings (SSSR count). The summed E-state index contributed by atoms with van der Waals surface area (Å²) in [5, 5.41) is 5.83. The molecule has 2 amide bonds. The van der Waals surface area contributed by atoms with Gasteiger partial charge in [-0.1, -0.05) is 17.7 Å². The number of aryl methyl sites for hydroxylation is 1. The van der Waals surface area contributed by atoms with E-state index >= 15 is 0 Å². The molecular weight excluding hydrogens is 502 g/mol. The molecule has 0 aliphatic carbocycles. The van der Waals surface area contributed by atoms with Gasteiger partial charge < -0.3 is 15.0 Å². The van der Waals surface area contributed by atoms with Crippen LogP contribution in [0.25, 0.3) is 0 Å². The predicted octanol–water partition coefficient (Wildman–Crippen LogP) is 5.68. The monoisotopic (exact) mass is 527 g/mol. The number of halogens is 1. The van der Waals surface area contributed by atoms with Crippen LogP contribution in [0.5, 0.6) is 5.75 Å². The number of thiophene rings is 1. The van der Waals surface area contributed by atoms with Gasteiger partial charge in [-0.05, 0) is 92.0 Å². The molecule has 2 aromatic carbocycles. The van der Waals surface area contributed by atoms with Gasteiger partial charge in [0.1, 0.15) is 11.8 Å². The van der Waals surface area contributed by atoms with Crippen molar-refractivity contribution in [2.45, 2.75) is 32.7 Å². The van der Waals surface area contributed by atoms with Gasteiger partial charge in [-0.2, -0.15) is 0 Å². The van der Waals surface area contributed by atoms with E-state index in [4.69, 9.17) is 28.6 Å². The molecule has 1 unspecified atom stereocenters. The Hall–Kier alpha value is -2.94. The lowest BCUT2D eigenvalue weighted by Crippen LogP contribution is -2.39. The molecule has 0 radical (unpaired) electrons. The molecule has 1 aromatic heterocycles. The van der Waals surface area contributed by atoms with Crippen LogP contribution in [-0.2, 0) is 16.0 Å². The number of benzene rings is 2. The molecule has 1 aliphatic rings. The molecule has 1 atom stereocenters. The summed E-state index contributed by atoms with van der Waals surface area (Å²) >= 11 is 13.6. The summed E-state index contributed by atoms with van der Waals surface area (Å²) in [6.45, 7) is 5.08. The Morgan fingerprint density at radius 3 is 2.63 bits per heavy atom. The van der Waals surface area contributed by atoms with Gasteiger partial charge in [0.2, 0.25) is 5.91 Å². The standard InChI is InChI=1S/C26H26ClN3O3S2/c1-3-33-21-9-7-19(8-10-21)28-24(31)16-22-25(32)30(20-6-4-5-18(27)15-20)26(34)29(22)13-11-23-17(2)12-14-35-23/h4-10,12,14-15,22H,3,11,13,16H2,1-2H3,(H,28,31). The zero-order valence-electron chi connectivity index (χ0n) is 19.5. The van der Waals surface area contributed by atoms with Gasteiger partial charge in [0.05, 0.1) is 18.7 Å². The topological polar surface area (TPSA) is 61.9 Å². The van der Waals surface area contributed by atoms with E-state index in [1.807, 2.05) is 11.8 Å². The Morgan fingerprint density at radius 1 is 1.20 bits per heavy atom. The third kappa shape index (κ3) is 5.83. The summed E-state index contributed by atoms with van der Waals surface area (Å²) in [6.07, 6.45) is 0.712. The highest BCUT2D eigenvalue weighted by Crippen LogP contribution is 2.30. The summed E-state index contributed by atoms with van der Waals surface area (Å²) in [5.41, 5.74) is 2.45. The van der Waals surface area contributed by atoms with Gasteiger partial charge in [-0.15, -0.1) is 11.3 Å². The molecule has 1 saturated heterocycles. The fourth-order valence-electron chi connectivity index (χ4n) is 4.01. The van der Waals surface area contributed by atoms with Gasteiger partial charge in [0.15, 0.2) is 5.11 Å². The molecule has 0 saturated carbocycles. The molecular formula is C26H26ClN3O3S2. The number of carbonyl (C=O) groups excluding carboxylic acids is 2. The first-order valence-corrected chi connectivity index (χ1v) is 13.0. The lowest BCUT2D eigenvalue weighted by atomic mass is 10.1. The average Bonchev–Trinajstić information content (AvgIpc) is 3.33. The molecule has 35 heavy (non-hydrogen) atoms. The van der Waals surface area contributed by atoms with Crippen LogP contribution in [0.2, 0.25) is 5.02 Å². The minimum Gasteiger partial charge on any atom is -0.494 e. The zero-order valence-corrected chi connectivity index (χ0v) is 21.9. The minimum atomic E-state index is -0.704. The Kier molecular flexibility index (Phi) is 8.05. The normalized spacial score (nSPS) is 15.6. The van der Waals surface area contributed by atoms with Gasteiger partial charge in [0.25, 0.3) is 5.91 Å². The molecule has 9 heteroatoms. The number of nitrogens with one attached hydrogen (secondary N) is 1. The Balaban J connectivity index is 1.53. The Labute approximate surface area is 219 Å². The Bertz CT molecular complexity index is 1230. The molecule has 0 bridgehead atoms. The molecule has 3 aromatic rings. The van der Waals surface area contributed by atoms with Crippen molar-refractivity contribution in [3.05, 3.63) is 75.4 Å². The summed E-state index contributed by atoms with van der Waals surface area (Å²) in [5.74, 6) is 0.233. The van der Waals surface area contributed by atoms with Crippen LogP contribution in [0.4, 0.5) is 11.4 Å². The van der Waals surface area contributed by atoms with E-state index < -0.39 is 6.04 Å². The maximum Gasteiger partial charge on any atom is 0.256 e. The number of anilines is 2. The third-order valence-corrected chi connectivity index (χ3v) is 7.50. The van der Waals surface area contributed by atoms with E-state index in [0.29, 0.717) is 34.7 Å². The van der Waals surface area contributed by atoms with Crippen molar-refractivity contribution in [1.29, 1.82) is 0 Å². The van der Waals surface area contributed by atoms with E-state index in [2.05, 4.69) is 23.7 Å². The first-order valence-electron chi connectivity index (χ1n) is 11.3. The van der Waals surface area contributed by atoms with Crippen LogP contribution in [-0.4, -0.2) is 41.0 Å². The van der Waals surface area contributed by atoms with Crippen molar-refractivity contribution in [3.63, 3.8) is 0 Å². The van der Waals surface area contributed by atoms with Gasteiger partial charge in [-0.25, -0.2) is 0 Å². The lowest BCUT2D eigenvalue weighted by molar-refractivity contribution is -0.124. The van der Waals surface area contributed by atoms with Crippen molar-refractivity contribution in [2.24, 2.45) is 0 Å². The van der Waals surface area contributed by atoms with Crippen molar-refractivity contribution < 1.29 is 14.3 Å². The number of hydrogen-bond donors (Lipinski definition) is 1. The van der Waals surface area contributed by atoms with E-state index in [1.165, 1.54) is 15.3 Å². The van der Waals surface area contributed by atoms with E-state index in [0.717, 1.165) is 12.2 Å². The molecule has 0 spiro atoms. The smallest absolute Gasteiger partial charge is 0.256 e. The number of hydrogen-bond acceptors (Lipinski definition) is 5. The first-order chi connectivity index (χ1) is 16.9. The summed E-state index contributed by atoms with van der Waals surface area (Å²) < 4.78 is 5.45. The van der Waals surface area contributed by atoms with Crippen molar-refractivity contribution in [2.75, 3.05) is 23.4 Å². The Morgan fingerprint density at radius 2 is 1.97 bits per heavy atom. The minimum absolute atomic E-state index is 0.0212. The first kappa shape index (κ1) is 25.2. The molecule has 6 nitrogen and oxygen atoms in total. The molecule has 1 fully saturated rings. The predicted molar refractivity (Wildman–Crippen MR) is 146 cm³/mol. The lowest BCUT2D eigenvalue weighted by Gasteiger charge is -2.24. The van der Waals surface area contributed by atoms with Crippen LogP contribution in [0.1, 0.15) is 23.8 Å². The van der Waals surface area contributed by atoms with E-state index in [-0.39, 0.29) is 18.2 Å². The number of nitrogens with zero attached hydrogens (tertiary/aromatic N) is 2. The quantitative estimate of drug-likeness (QED) is 0.363. The molecule has 2 heterocycles. The number of ether oxygens (including phenoxy) is 1. The maximum atomic E-state index is 13.5. The van der Waals surface area contributed by atoms with E-state index in [9.17, 15) is 9.59 Å². The average molecular weight is 528 g/mol. The van der Waals surface area contributed by atoms with Gasteiger partial charge in [0, 0.05) is 22.1 Å². The summed E-state index contributed by atoms with van der Waals surface area (Å²) in [6, 6.07) is 15.5. The maximum absolute atomic E-state index is 13.5. The molecule has 1 N–H and O–H groups in total. The number of thiocarbonyl (C=S) groups is 1. The molecule has 1 aliphatic heterocycles. The highest BCUT2D eigenvalue weighted by molar-refractivity contribution is 7.80. The number of rotatable bonds is 9. The third-order valence-electron chi connectivity index (χ3n) is 5.76. The summed E-state index contributed by atoms with van der Waals surface area (Å²) in [4.78, 5) is 31.1. The van der Waals surface area contributed by atoms with Gasteiger partial charge in [-0.3, -0.25) is 14.5 Å². The fraction of sp³-hybridized carbons (Fsp3) is 0.269. The second kappa shape index (κ2) is 11.2. The van der Waals surface area contributed by atoms with Crippen LogP contribution in [0.15, 0.2) is 60.0 Å².